The van der Waals surface area contributed by atoms with Crippen molar-refractivity contribution in [2.45, 2.75) is 25.9 Å². The first-order valence-corrected chi connectivity index (χ1v) is 5.32. The number of unbranched alkanes of at least 4 members (excludes halogenated alkanes) is 1. The van der Waals surface area contributed by atoms with Crippen molar-refractivity contribution in [3.63, 3.8) is 0 Å². The fraction of sp³-hybridized carbons (Fsp3) is 0.500. The molecule has 0 unspecified atom stereocenters. The van der Waals surface area contributed by atoms with Crippen LogP contribution >= 0.6 is 0 Å². The monoisotopic (exact) mass is 208 g/mol. The van der Waals surface area contributed by atoms with Crippen LogP contribution in [-0.4, -0.2) is 18.5 Å². The Balaban J connectivity index is 2.36. The van der Waals surface area contributed by atoms with Gasteiger partial charge in [0.05, 0.1) is 12.8 Å². The average Bonchev–Trinajstić information content (AvgIpc) is 2.65. The summed E-state index contributed by atoms with van der Waals surface area (Å²) in [5, 5.41) is 0. The lowest BCUT2D eigenvalue weighted by atomic mass is 10.2. The van der Waals surface area contributed by atoms with E-state index >= 15 is 0 Å². The van der Waals surface area contributed by atoms with Gasteiger partial charge in [-0.3, -0.25) is 0 Å². The van der Waals surface area contributed by atoms with Crippen molar-refractivity contribution in [2.24, 2.45) is 5.73 Å². The van der Waals surface area contributed by atoms with Crippen molar-refractivity contribution in [1.29, 1.82) is 0 Å². The van der Waals surface area contributed by atoms with Gasteiger partial charge in [-0.15, -0.1) is 6.58 Å². The summed E-state index contributed by atoms with van der Waals surface area (Å²) in [6, 6.07) is 1.99. The molecule has 1 aromatic rings. The second-order valence-electron chi connectivity index (χ2n) is 3.74. The number of rotatable bonds is 7. The van der Waals surface area contributed by atoms with Crippen LogP contribution in [0, 0.1) is 0 Å². The van der Waals surface area contributed by atoms with Gasteiger partial charge in [-0.2, -0.15) is 0 Å². The van der Waals surface area contributed by atoms with E-state index in [1.807, 2.05) is 12.1 Å². The van der Waals surface area contributed by atoms with Crippen molar-refractivity contribution >= 4 is 0 Å². The van der Waals surface area contributed by atoms with Gasteiger partial charge in [-0.1, -0.05) is 6.08 Å². The highest BCUT2D eigenvalue weighted by Gasteiger charge is 2.06. The highest BCUT2D eigenvalue weighted by molar-refractivity contribution is 5.16. The number of nitrogens with two attached hydrogens (primary N) is 1. The molecule has 3 heteroatoms. The third kappa shape index (κ3) is 3.90. The molecule has 1 heterocycles. The molecule has 1 rings (SSSR count). The number of hydrogen-bond acceptors (Lipinski definition) is 3. The molecule has 3 nitrogen and oxygen atoms in total. The molecule has 0 aliphatic carbocycles. The summed E-state index contributed by atoms with van der Waals surface area (Å²) in [4.78, 5) is 2.27. The number of allylic oxidation sites excluding steroid dienone is 1. The first kappa shape index (κ1) is 12.0. The normalized spacial score (nSPS) is 10.9. The average molecular weight is 208 g/mol. The standard InChI is InChI=1S/C12H20N2O/c1-3-4-5-7-14(2)10-11-6-8-15-12(11)9-13/h3,6,8H,1,4-5,7,9-10,13H2,2H3. The van der Waals surface area contributed by atoms with Crippen molar-refractivity contribution in [2.75, 3.05) is 13.6 Å². The van der Waals surface area contributed by atoms with Crippen LogP contribution in [0.5, 0.6) is 0 Å². The SMILES string of the molecule is C=CCCCN(C)Cc1ccoc1CN. The Morgan fingerprint density at radius 1 is 1.60 bits per heavy atom. The second kappa shape index (κ2) is 6.43. The van der Waals surface area contributed by atoms with Crippen LogP contribution in [0.25, 0.3) is 0 Å². The molecule has 0 saturated heterocycles. The van der Waals surface area contributed by atoms with Gasteiger partial charge in [0.1, 0.15) is 5.76 Å². The van der Waals surface area contributed by atoms with E-state index in [0.29, 0.717) is 6.54 Å². The molecule has 1 aromatic heterocycles. The largest absolute Gasteiger partial charge is 0.468 e. The maximum absolute atomic E-state index is 5.57. The zero-order valence-corrected chi connectivity index (χ0v) is 9.41. The molecule has 0 bridgehead atoms. The summed E-state index contributed by atoms with van der Waals surface area (Å²) in [7, 11) is 2.11. The second-order valence-corrected chi connectivity index (χ2v) is 3.74. The van der Waals surface area contributed by atoms with Gasteiger partial charge in [-0.05, 0) is 32.5 Å². The van der Waals surface area contributed by atoms with Gasteiger partial charge in [0.15, 0.2) is 0 Å². The first-order chi connectivity index (χ1) is 7.27. The van der Waals surface area contributed by atoms with E-state index in [4.69, 9.17) is 10.2 Å². The molecule has 0 fully saturated rings. The van der Waals surface area contributed by atoms with Crippen molar-refractivity contribution < 1.29 is 4.42 Å². The molecule has 0 saturated carbocycles. The van der Waals surface area contributed by atoms with Gasteiger partial charge >= 0.3 is 0 Å². The number of hydrogen-bond donors (Lipinski definition) is 1. The van der Waals surface area contributed by atoms with E-state index in [2.05, 4.69) is 18.5 Å². The van der Waals surface area contributed by atoms with Crippen LogP contribution in [0.15, 0.2) is 29.4 Å². The molecular weight excluding hydrogens is 188 g/mol. The highest BCUT2D eigenvalue weighted by Crippen LogP contribution is 2.12. The molecule has 0 aromatic carbocycles. The molecule has 84 valence electrons. The quantitative estimate of drug-likeness (QED) is 0.551. The maximum Gasteiger partial charge on any atom is 0.121 e. The molecule has 0 aliphatic rings. The molecule has 0 aliphatic heterocycles. The van der Waals surface area contributed by atoms with Crippen LogP contribution in [0.2, 0.25) is 0 Å². The van der Waals surface area contributed by atoms with Gasteiger partial charge in [0.25, 0.3) is 0 Å². The zero-order valence-electron chi connectivity index (χ0n) is 9.41. The third-order valence-electron chi connectivity index (χ3n) is 2.41. The Morgan fingerprint density at radius 3 is 3.07 bits per heavy atom. The van der Waals surface area contributed by atoms with Gasteiger partial charge in [0.2, 0.25) is 0 Å². The summed E-state index contributed by atoms with van der Waals surface area (Å²) in [6.45, 7) is 6.16. The minimum Gasteiger partial charge on any atom is -0.468 e. The minimum atomic E-state index is 0.475. The van der Waals surface area contributed by atoms with E-state index < -0.39 is 0 Å². The molecule has 0 amide bonds. The minimum absolute atomic E-state index is 0.475. The summed E-state index contributed by atoms with van der Waals surface area (Å²) in [5.41, 5.74) is 6.76. The fourth-order valence-corrected chi connectivity index (χ4v) is 1.56. The van der Waals surface area contributed by atoms with Crippen LogP contribution in [-0.2, 0) is 13.1 Å². The lowest BCUT2D eigenvalue weighted by Gasteiger charge is -2.15. The number of nitrogens with zero attached hydrogens (tertiary/aromatic N) is 1. The van der Waals surface area contributed by atoms with Crippen LogP contribution < -0.4 is 5.73 Å². The van der Waals surface area contributed by atoms with Crippen LogP contribution in [0.1, 0.15) is 24.2 Å². The lowest BCUT2D eigenvalue weighted by Crippen LogP contribution is -2.19. The van der Waals surface area contributed by atoms with Crippen molar-refractivity contribution in [1.82, 2.24) is 4.90 Å². The summed E-state index contributed by atoms with van der Waals surface area (Å²) in [6.07, 6.45) is 5.88. The van der Waals surface area contributed by atoms with Crippen molar-refractivity contribution in [3.8, 4) is 0 Å². The van der Waals surface area contributed by atoms with E-state index in [-0.39, 0.29) is 0 Å². The Morgan fingerprint density at radius 2 is 2.40 bits per heavy atom. The number of furan rings is 1. The summed E-state index contributed by atoms with van der Waals surface area (Å²) < 4.78 is 5.27. The Kier molecular flexibility index (Phi) is 5.15. The Bertz CT molecular complexity index is 294. The molecular formula is C12H20N2O. The lowest BCUT2D eigenvalue weighted by molar-refractivity contribution is 0.319. The van der Waals surface area contributed by atoms with Gasteiger partial charge in [0, 0.05) is 12.1 Å². The fourth-order valence-electron chi connectivity index (χ4n) is 1.56. The predicted octanol–water partition coefficient (Wildman–Crippen LogP) is 2.14. The topological polar surface area (TPSA) is 42.4 Å². The predicted molar refractivity (Wildman–Crippen MR) is 62.4 cm³/mol. The summed E-state index contributed by atoms with van der Waals surface area (Å²) >= 11 is 0. The Hall–Kier alpha value is -1.06. The van der Waals surface area contributed by atoms with E-state index in [9.17, 15) is 0 Å². The van der Waals surface area contributed by atoms with E-state index in [0.717, 1.165) is 31.7 Å². The smallest absolute Gasteiger partial charge is 0.121 e. The van der Waals surface area contributed by atoms with E-state index in [1.165, 1.54) is 5.56 Å². The van der Waals surface area contributed by atoms with Crippen molar-refractivity contribution in [3.05, 3.63) is 36.3 Å². The van der Waals surface area contributed by atoms with Gasteiger partial charge < -0.3 is 15.1 Å². The van der Waals surface area contributed by atoms with E-state index in [1.54, 1.807) is 6.26 Å². The first-order valence-electron chi connectivity index (χ1n) is 5.32. The molecule has 0 spiro atoms. The maximum atomic E-state index is 5.57. The molecule has 0 atom stereocenters. The highest BCUT2D eigenvalue weighted by atomic mass is 16.3. The summed E-state index contributed by atoms with van der Waals surface area (Å²) in [5.74, 6) is 0.894. The molecule has 0 radical (unpaired) electrons. The van der Waals surface area contributed by atoms with Crippen LogP contribution in [0.4, 0.5) is 0 Å². The van der Waals surface area contributed by atoms with Crippen LogP contribution in [0.3, 0.4) is 0 Å². The Labute approximate surface area is 91.6 Å². The molecule has 2 N–H and O–H groups in total. The zero-order chi connectivity index (χ0) is 11.1. The molecule has 15 heavy (non-hydrogen) atoms. The third-order valence-corrected chi connectivity index (χ3v) is 2.41. The van der Waals surface area contributed by atoms with Gasteiger partial charge in [-0.25, -0.2) is 0 Å².